The van der Waals surface area contributed by atoms with Crippen LogP contribution in [-0.4, -0.2) is 33.1 Å². The van der Waals surface area contributed by atoms with E-state index in [-0.39, 0.29) is 11.6 Å². The van der Waals surface area contributed by atoms with Crippen LogP contribution < -0.4 is 24.8 Å². The second-order valence-electron chi connectivity index (χ2n) is 5.66. The Bertz CT molecular complexity index is 886. The molecule has 8 heteroatoms. The number of benzene rings is 2. The highest BCUT2D eigenvalue weighted by Crippen LogP contribution is 2.38. The maximum Gasteiger partial charge on any atom is 0.248 e. The largest absolute Gasteiger partial charge is 0.493 e. The molecule has 0 saturated heterocycles. The molecule has 0 unspecified atom stereocenters. The molecular formula is C20H21FN2O5. The van der Waals surface area contributed by atoms with Crippen LogP contribution in [0.2, 0.25) is 0 Å². The Morgan fingerprint density at radius 2 is 1.61 bits per heavy atom. The minimum atomic E-state index is -0.622. The molecule has 148 valence electrons. The summed E-state index contributed by atoms with van der Waals surface area (Å²) in [5, 5.41) is 4.96. The normalized spacial score (nSPS) is 10.5. The summed E-state index contributed by atoms with van der Waals surface area (Å²) in [6, 6.07) is 7.23. The number of amides is 2. The van der Waals surface area contributed by atoms with Crippen LogP contribution in [0.3, 0.4) is 0 Å². The van der Waals surface area contributed by atoms with Gasteiger partial charge in [-0.15, -0.1) is 0 Å². The fourth-order valence-electron chi connectivity index (χ4n) is 2.45. The third-order valence-corrected chi connectivity index (χ3v) is 3.66. The fraction of sp³-hybridized carbons (Fsp3) is 0.200. The second kappa shape index (κ2) is 9.40. The van der Waals surface area contributed by atoms with Gasteiger partial charge in [0.1, 0.15) is 5.82 Å². The van der Waals surface area contributed by atoms with Gasteiger partial charge in [0, 0.05) is 18.7 Å². The number of nitrogens with one attached hydrogen (secondary N) is 2. The van der Waals surface area contributed by atoms with Crippen LogP contribution in [0.1, 0.15) is 12.5 Å². The van der Waals surface area contributed by atoms with Gasteiger partial charge in [0.05, 0.1) is 27.0 Å². The highest BCUT2D eigenvalue weighted by Gasteiger charge is 2.12. The standard InChI is InChI=1S/C20H21FN2O5/c1-12(24)22-14-6-7-15(21)16(11-14)23-19(25)8-5-13-9-17(26-2)20(28-4)18(10-13)27-3/h5-11H,1-4H3,(H,22,24)(H,23,25)/b8-5+. The van der Waals surface area contributed by atoms with Gasteiger partial charge in [-0.1, -0.05) is 0 Å². The first-order chi connectivity index (χ1) is 13.4. The van der Waals surface area contributed by atoms with Crippen LogP contribution in [0, 0.1) is 5.82 Å². The molecular weight excluding hydrogens is 367 g/mol. The molecule has 0 atom stereocenters. The van der Waals surface area contributed by atoms with Crippen molar-refractivity contribution in [3.05, 3.63) is 47.8 Å². The minimum absolute atomic E-state index is 0.0502. The van der Waals surface area contributed by atoms with Crippen LogP contribution in [-0.2, 0) is 9.59 Å². The first-order valence-corrected chi connectivity index (χ1v) is 8.24. The zero-order valence-electron chi connectivity index (χ0n) is 16.0. The molecule has 2 amide bonds. The first-order valence-electron chi connectivity index (χ1n) is 8.24. The van der Waals surface area contributed by atoms with E-state index in [1.54, 1.807) is 12.1 Å². The first kappa shape index (κ1) is 20.8. The zero-order valence-corrected chi connectivity index (χ0v) is 16.0. The number of hydrogen-bond donors (Lipinski definition) is 2. The van der Waals surface area contributed by atoms with Gasteiger partial charge in [0.15, 0.2) is 11.5 Å². The summed E-state index contributed by atoms with van der Waals surface area (Å²) in [6.07, 6.45) is 2.76. The van der Waals surface area contributed by atoms with Crippen molar-refractivity contribution < 1.29 is 28.2 Å². The highest BCUT2D eigenvalue weighted by molar-refractivity contribution is 6.02. The number of halogens is 1. The lowest BCUT2D eigenvalue weighted by atomic mass is 10.1. The average molecular weight is 388 g/mol. The van der Waals surface area contributed by atoms with Crippen LogP contribution >= 0.6 is 0 Å². The molecule has 0 bridgehead atoms. The lowest BCUT2D eigenvalue weighted by molar-refractivity contribution is -0.114. The van der Waals surface area contributed by atoms with Crippen molar-refractivity contribution in [2.75, 3.05) is 32.0 Å². The van der Waals surface area contributed by atoms with Crippen molar-refractivity contribution in [2.24, 2.45) is 0 Å². The molecule has 0 aliphatic carbocycles. The molecule has 0 spiro atoms. The van der Waals surface area contributed by atoms with Crippen LogP contribution in [0.4, 0.5) is 15.8 Å². The number of hydrogen-bond acceptors (Lipinski definition) is 5. The van der Waals surface area contributed by atoms with Gasteiger partial charge in [0.25, 0.3) is 0 Å². The lowest BCUT2D eigenvalue weighted by Gasteiger charge is -2.12. The quantitative estimate of drug-likeness (QED) is 0.710. The molecule has 0 saturated carbocycles. The predicted molar refractivity (Wildman–Crippen MR) is 104 cm³/mol. The summed E-state index contributed by atoms with van der Waals surface area (Å²) in [5.74, 6) is -0.155. The Balaban J connectivity index is 2.19. The molecule has 0 aliphatic heterocycles. The SMILES string of the molecule is COc1cc(/C=C/C(=O)Nc2cc(NC(C)=O)ccc2F)cc(OC)c1OC. The molecule has 28 heavy (non-hydrogen) atoms. The Labute approximate surface area is 162 Å². The van der Waals surface area contributed by atoms with Crippen molar-refractivity contribution in [2.45, 2.75) is 6.92 Å². The lowest BCUT2D eigenvalue weighted by Crippen LogP contribution is -2.11. The Kier molecular flexibility index (Phi) is 6.97. The van der Waals surface area contributed by atoms with Crippen molar-refractivity contribution >= 4 is 29.3 Å². The van der Waals surface area contributed by atoms with Gasteiger partial charge in [-0.2, -0.15) is 0 Å². The molecule has 2 rings (SSSR count). The Morgan fingerprint density at radius 3 is 2.14 bits per heavy atom. The molecule has 7 nitrogen and oxygen atoms in total. The summed E-state index contributed by atoms with van der Waals surface area (Å²) in [5.41, 5.74) is 0.945. The van der Waals surface area contributed by atoms with Gasteiger partial charge in [0.2, 0.25) is 17.6 Å². The molecule has 2 aromatic carbocycles. The number of rotatable bonds is 7. The van der Waals surface area contributed by atoms with Crippen molar-refractivity contribution in [1.29, 1.82) is 0 Å². The molecule has 2 N–H and O–H groups in total. The van der Waals surface area contributed by atoms with Crippen molar-refractivity contribution in [3.63, 3.8) is 0 Å². The van der Waals surface area contributed by atoms with E-state index < -0.39 is 11.7 Å². The van der Waals surface area contributed by atoms with E-state index in [1.807, 2.05) is 0 Å². The highest BCUT2D eigenvalue weighted by atomic mass is 19.1. The van der Waals surface area contributed by atoms with Gasteiger partial charge in [-0.05, 0) is 42.0 Å². The second-order valence-corrected chi connectivity index (χ2v) is 5.66. The van der Waals surface area contributed by atoms with E-state index in [4.69, 9.17) is 14.2 Å². The number of carbonyl (C=O) groups is 2. The number of methoxy groups -OCH3 is 3. The van der Waals surface area contributed by atoms with Gasteiger partial charge < -0.3 is 24.8 Å². The van der Waals surface area contributed by atoms with Crippen LogP contribution in [0.15, 0.2) is 36.4 Å². The molecule has 0 radical (unpaired) electrons. The van der Waals surface area contributed by atoms with Gasteiger partial charge in [-0.3, -0.25) is 9.59 Å². The van der Waals surface area contributed by atoms with Crippen LogP contribution in [0.5, 0.6) is 17.2 Å². The fourth-order valence-corrected chi connectivity index (χ4v) is 2.45. The summed E-state index contributed by atoms with van der Waals surface area (Å²) in [4.78, 5) is 23.3. The maximum atomic E-state index is 13.9. The third kappa shape index (κ3) is 5.23. The number of ether oxygens (including phenoxy) is 3. The topological polar surface area (TPSA) is 85.9 Å². The van der Waals surface area contributed by atoms with Crippen molar-refractivity contribution in [3.8, 4) is 17.2 Å². The maximum absolute atomic E-state index is 13.9. The van der Waals surface area contributed by atoms with E-state index in [9.17, 15) is 14.0 Å². The monoisotopic (exact) mass is 388 g/mol. The molecule has 0 aromatic heterocycles. The number of anilines is 2. The molecule has 0 fully saturated rings. The van der Waals surface area contributed by atoms with Gasteiger partial charge in [-0.25, -0.2) is 4.39 Å². The molecule has 0 heterocycles. The Morgan fingerprint density at radius 1 is 0.964 bits per heavy atom. The third-order valence-electron chi connectivity index (χ3n) is 3.66. The van der Waals surface area contributed by atoms with E-state index in [1.165, 1.54) is 52.5 Å². The van der Waals surface area contributed by atoms with E-state index >= 15 is 0 Å². The zero-order chi connectivity index (χ0) is 20.7. The van der Waals surface area contributed by atoms with E-state index in [2.05, 4.69) is 10.6 Å². The smallest absolute Gasteiger partial charge is 0.248 e. The summed E-state index contributed by atoms with van der Waals surface area (Å²) in [6.45, 7) is 1.34. The summed E-state index contributed by atoms with van der Waals surface area (Å²) in [7, 11) is 4.47. The van der Waals surface area contributed by atoms with Crippen molar-refractivity contribution in [1.82, 2.24) is 0 Å². The predicted octanol–water partition coefficient (Wildman–Crippen LogP) is 3.46. The van der Waals surface area contributed by atoms with Gasteiger partial charge >= 0.3 is 0 Å². The number of carbonyl (C=O) groups excluding carboxylic acids is 2. The Hall–Kier alpha value is -3.55. The minimum Gasteiger partial charge on any atom is -0.493 e. The van der Waals surface area contributed by atoms with Crippen LogP contribution in [0.25, 0.3) is 6.08 Å². The van der Waals surface area contributed by atoms with E-state index in [0.717, 1.165) is 6.07 Å². The molecule has 2 aromatic rings. The van der Waals surface area contributed by atoms with E-state index in [0.29, 0.717) is 28.5 Å². The molecule has 0 aliphatic rings. The summed E-state index contributed by atoms with van der Waals surface area (Å²) < 4.78 is 29.7. The summed E-state index contributed by atoms with van der Waals surface area (Å²) >= 11 is 0. The average Bonchev–Trinajstić information content (AvgIpc) is 2.67.